The molecule has 10 heteroatoms. The van der Waals surface area contributed by atoms with Gasteiger partial charge in [0.25, 0.3) is 0 Å². The van der Waals surface area contributed by atoms with Gasteiger partial charge in [-0.25, -0.2) is 9.78 Å². The number of amides is 2. The number of hydrogen-bond donors (Lipinski definition) is 0. The minimum absolute atomic E-state index is 0.0765. The van der Waals surface area contributed by atoms with Gasteiger partial charge in [0.2, 0.25) is 5.88 Å². The van der Waals surface area contributed by atoms with Crippen LogP contribution in [0.3, 0.4) is 0 Å². The van der Waals surface area contributed by atoms with E-state index in [0.717, 1.165) is 37.1 Å². The molecular weight excluding hydrogens is 607 g/mol. The summed E-state index contributed by atoms with van der Waals surface area (Å²) in [5, 5.41) is 1.27. The molecule has 4 heterocycles. The summed E-state index contributed by atoms with van der Waals surface area (Å²) in [6.07, 6.45) is 6.22. The van der Waals surface area contributed by atoms with Gasteiger partial charge in [0, 0.05) is 40.8 Å². The number of carbonyl (C=O) groups excluding carboxylic acids is 1. The van der Waals surface area contributed by atoms with Gasteiger partial charge in [-0.1, -0.05) is 68.2 Å². The topological polar surface area (TPSA) is 74.2 Å². The van der Waals surface area contributed by atoms with Gasteiger partial charge in [-0.05, 0) is 81.1 Å². The molecule has 3 aliphatic heterocycles. The molecule has 6 rings (SSSR count). The molecule has 1 aromatic heterocycles. The molecule has 2 aromatic carbocycles. The van der Waals surface area contributed by atoms with E-state index >= 15 is 0 Å². The maximum absolute atomic E-state index is 14.8. The molecule has 2 fully saturated rings. The van der Waals surface area contributed by atoms with Crippen molar-refractivity contribution in [1.82, 2.24) is 24.7 Å². The van der Waals surface area contributed by atoms with E-state index in [9.17, 15) is 4.79 Å². The van der Waals surface area contributed by atoms with Crippen molar-refractivity contribution in [3.05, 3.63) is 87.3 Å². The highest BCUT2D eigenvalue weighted by molar-refractivity contribution is 6.30. The number of aromatic nitrogens is 2. The van der Waals surface area contributed by atoms with Crippen molar-refractivity contribution in [2.24, 2.45) is 4.99 Å². The lowest BCUT2D eigenvalue weighted by molar-refractivity contribution is 0.117. The van der Waals surface area contributed by atoms with Crippen molar-refractivity contribution in [2.45, 2.75) is 76.9 Å². The fourth-order valence-electron chi connectivity index (χ4n) is 6.66. The minimum atomic E-state index is -0.431. The molecule has 0 N–H and O–H groups in total. The second-order valence-electron chi connectivity index (χ2n) is 13.2. The molecule has 45 heavy (non-hydrogen) atoms. The highest BCUT2D eigenvalue weighted by Crippen LogP contribution is 2.45. The first-order chi connectivity index (χ1) is 21.6. The largest absolute Gasteiger partial charge is 0.477 e. The van der Waals surface area contributed by atoms with Crippen molar-refractivity contribution < 1.29 is 9.53 Å². The van der Waals surface area contributed by atoms with Gasteiger partial charge in [-0.15, -0.1) is 0 Å². The third-order valence-corrected chi connectivity index (χ3v) is 9.54. The quantitative estimate of drug-likeness (QED) is 0.274. The molecule has 8 nitrogen and oxygen atoms in total. The zero-order valence-corrected chi connectivity index (χ0v) is 28.1. The van der Waals surface area contributed by atoms with Crippen LogP contribution in [-0.2, 0) is 5.41 Å². The predicted octanol–water partition coefficient (Wildman–Crippen LogP) is 7.70. The van der Waals surface area contributed by atoms with Gasteiger partial charge in [-0.2, -0.15) is 4.98 Å². The number of halogens is 2. The Kier molecular flexibility index (Phi) is 9.37. The molecule has 2 atom stereocenters. The molecule has 3 aliphatic rings. The first-order valence-electron chi connectivity index (χ1n) is 16.1. The van der Waals surface area contributed by atoms with Gasteiger partial charge in [0.05, 0.1) is 18.2 Å². The number of hydrogen-bond acceptors (Lipinski definition) is 6. The van der Waals surface area contributed by atoms with Crippen LogP contribution >= 0.6 is 23.2 Å². The number of piperidine rings is 1. The zero-order valence-electron chi connectivity index (χ0n) is 26.5. The van der Waals surface area contributed by atoms with Gasteiger partial charge < -0.3 is 14.5 Å². The maximum atomic E-state index is 14.8. The number of amidine groups is 1. The Hall–Kier alpha value is -3.20. The number of aliphatic imine (C=N–C) groups is 1. The Labute approximate surface area is 276 Å². The molecule has 0 radical (unpaired) electrons. The van der Waals surface area contributed by atoms with E-state index in [0.29, 0.717) is 58.9 Å². The summed E-state index contributed by atoms with van der Waals surface area (Å²) in [5.74, 6) is 1.59. The molecule has 238 valence electrons. The summed E-state index contributed by atoms with van der Waals surface area (Å²) in [7, 11) is 0. The number of ether oxygens (including phenoxy) is 1. The average Bonchev–Trinajstić information content (AvgIpc) is 3.71. The first-order valence-corrected chi connectivity index (χ1v) is 16.8. The zero-order chi connectivity index (χ0) is 31.7. The lowest BCUT2D eigenvalue weighted by Crippen LogP contribution is -2.52. The number of likely N-dealkylation sites (tertiary alicyclic amines) is 2. The van der Waals surface area contributed by atoms with Crippen molar-refractivity contribution in [2.75, 3.05) is 32.8 Å². The van der Waals surface area contributed by atoms with Crippen molar-refractivity contribution in [3.8, 4) is 5.88 Å². The Morgan fingerprint density at radius 2 is 1.51 bits per heavy atom. The second-order valence-corrected chi connectivity index (χ2v) is 14.0. The average molecular weight is 650 g/mol. The Morgan fingerprint density at radius 3 is 2.09 bits per heavy atom. The van der Waals surface area contributed by atoms with E-state index in [4.69, 9.17) is 42.9 Å². The number of rotatable bonds is 6. The van der Waals surface area contributed by atoms with Crippen LogP contribution in [0.4, 0.5) is 4.79 Å². The van der Waals surface area contributed by atoms with Crippen molar-refractivity contribution >= 4 is 35.1 Å². The smallest absolute Gasteiger partial charge is 0.326 e. The van der Waals surface area contributed by atoms with E-state index in [-0.39, 0.29) is 11.4 Å². The first kappa shape index (κ1) is 31.8. The fourth-order valence-corrected chi connectivity index (χ4v) is 6.92. The van der Waals surface area contributed by atoms with Crippen LogP contribution in [0.15, 0.2) is 59.7 Å². The number of benzene rings is 2. The Morgan fingerprint density at radius 1 is 0.911 bits per heavy atom. The number of carbonyl (C=O) groups is 1. The molecule has 2 amide bonds. The van der Waals surface area contributed by atoms with Gasteiger partial charge >= 0.3 is 6.03 Å². The summed E-state index contributed by atoms with van der Waals surface area (Å²) in [5.41, 5.74) is 2.20. The molecular formula is C35H42Cl2N6O2. The van der Waals surface area contributed by atoms with E-state index in [1.807, 2.05) is 65.3 Å². The summed E-state index contributed by atoms with van der Waals surface area (Å²) in [4.78, 5) is 36.1. The SMILES string of the molecule is CCOc1nc(C(C)(C)C)ncc1C1=N[C@H](c2ccc(Cl)cc2)[C@H](c2ccc(Cl)cc2)N1C(=O)N1CCC(N2CCCC2)CC1. The highest BCUT2D eigenvalue weighted by atomic mass is 35.5. The second kappa shape index (κ2) is 13.3. The van der Waals surface area contributed by atoms with Crippen LogP contribution in [0.2, 0.25) is 10.0 Å². The molecule has 0 saturated carbocycles. The molecule has 0 spiro atoms. The number of urea groups is 1. The fraction of sp³-hybridized carbons (Fsp3) is 0.486. The summed E-state index contributed by atoms with van der Waals surface area (Å²) >= 11 is 12.6. The molecule has 0 bridgehead atoms. The lowest BCUT2D eigenvalue weighted by Gasteiger charge is -2.40. The molecule has 0 aliphatic carbocycles. The van der Waals surface area contributed by atoms with Gasteiger partial charge in [-0.3, -0.25) is 9.89 Å². The van der Waals surface area contributed by atoms with Crippen molar-refractivity contribution in [1.29, 1.82) is 0 Å². The molecule has 0 unspecified atom stereocenters. The Balaban J connectivity index is 1.45. The van der Waals surface area contributed by atoms with E-state index < -0.39 is 12.1 Å². The highest BCUT2D eigenvalue weighted by Gasteiger charge is 2.45. The van der Waals surface area contributed by atoms with Crippen molar-refractivity contribution in [3.63, 3.8) is 0 Å². The molecule has 3 aromatic rings. The lowest BCUT2D eigenvalue weighted by atomic mass is 9.93. The van der Waals surface area contributed by atoms with Crippen LogP contribution in [0.25, 0.3) is 0 Å². The monoisotopic (exact) mass is 648 g/mol. The number of nitrogens with zero attached hydrogens (tertiary/aromatic N) is 6. The summed E-state index contributed by atoms with van der Waals surface area (Å²) in [6.45, 7) is 12.3. The van der Waals surface area contributed by atoms with Gasteiger partial charge in [0.1, 0.15) is 17.7 Å². The van der Waals surface area contributed by atoms with Crippen LogP contribution < -0.4 is 4.74 Å². The van der Waals surface area contributed by atoms with Crippen LogP contribution in [0.5, 0.6) is 5.88 Å². The normalized spacial score (nSPS) is 21.3. The van der Waals surface area contributed by atoms with Crippen LogP contribution in [-0.4, -0.2) is 75.4 Å². The van der Waals surface area contributed by atoms with E-state index in [1.54, 1.807) is 6.20 Å². The third-order valence-electron chi connectivity index (χ3n) is 9.03. The van der Waals surface area contributed by atoms with E-state index in [1.165, 1.54) is 12.8 Å². The third kappa shape index (κ3) is 6.69. The van der Waals surface area contributed by atoms with Crippen LogP contribution in [0, 0.1) is 0 Å². The van der Waals surface area contributed by atoms with Crippen LogP contribution in [0.1, 0.15) is 88.0 Å². The standard InChI is InChI=1S/C35H42Cl2N6O2/c1-5-45-32-28(22-38-33(40-32)35(2,3)4)31-39-29(23-8-12-25(36)13-9-23)30(24-10-14-26(37)15-11-24)43(31)34(44)42-20-16-27(17-21-42)41-18-6-7-19-41/h8-15,22,27,29-30H,5-7,16-21H2,1-4H3/t29-,30+/m1/s1. The molecule has 2 saturated heterocycles. The Bertz CT molecular complexity index is 1530. The summed E-state index contributed by atoms with van der Waals surface area (Å²) in [6, 6.07) is 15.0. The maximum Gasteiger partial charge on any atom is 0.326 e. The van der Waals surface area contributed by atoms with Gasteiger partial charge in [0.15, 0.2) is 0 Å². The summed E-state index contributed by atoms with van der Waals surface area (Å²) < 4.78 is 6.12. The predicted molar refractivity (Wildman–Crippen MR) is 179 cm³/mol. The van der Waals surface area contributed by atoms with E-state index in [2.05, 4.69) is 25.7 Å². The minimum Gasteiger partial charge on any atom is -0.477 e.